The van der Waals surface area contributed by atoms with Gasteiger partial charge >= 0.3 is 0 Å². The van der Waals surface area contributed by atoms with E-state index in [1.165, 1.54) is 0 Å². The van der Waals surface area contributed by atoms with Crippen molar-refractivity contribution in [2.45, 2.75) is 31.2 Å². The van der Waals surface area contributed by atoms with Gasteiger partial charge in [0.2, 0.25) is 10.0 Å². The summed E-state index contributed by atoms with van der Waals surface area (Å²) < 4.78 is 39.9. The molecule has 0 saturated carbocycles. The van der Waals surface area contributed by atoms with Crippen molar-refractivity contribution in [3.05, 3.63) is 108 Å². The SMILES string of the molecule is C=CC[C@@H](Cc1ccccc1)S(=O)(=O)N(Cc1ccc(OC)cc1)Cc1ccc(OC)cc1. The first-order valence-corrected chi connectivity index (χ1v) is 12.4. The Labute approximate surface area is 197 Å². The quantitative estimate of drug-likeness (QED) is 0.344. The number of nitrogens with zero attached hydrogens (tertiary/aromatic N) is 1. The van der Waals surface area contributed by atoms with E-state index in [-0.39, 0.29) is 13.1 Å². The maximum Gasteiger partial charge on any atom is 0.218 e. The van der Waals surface area contributed by atoms with Gasteiger partial charge in [0.05, 0.1) is 19.5 Å². The number of hydrogen-bond acceptors (Lipinski definition) is 4. The topological polar surface area (TPSA) is 55.8 Å². The van der Waals surface area contributed by atoms with Gasteiger partial charge in [-0.15, -0.1) is 6.58 Å². The van der Waals surface area contributed by atoms with Gasteiger partial charge < -0.3 is 9.47 Å². The van der Waals surface area contributed by atoms with Crippen LogP contribution in [0.5, 0.6) is 11.5 Å². The van der Waals surface area contributed by atoms with Gasteiger partial charge in [-0.05, 0) is 53.8 Å². The van der Waals surface area contributed by atoms with Gasteiger partial charge in [-0.25, -0.2) is 8.42 Å². The number of hydrogen-bond donors (Lipinski definition) is 0. The van der Waals surface area contributed by atoms with Crippen molar-refractivity contribution in [2.24, 2.45) is 0 Å². The highest BCUT2D eigenvalue weighted by Crippen LogP contribution is 2.24. The zero-order chi connectivity index (χ0) is 23.7. The number of sulfonamides is 1. The van der Waals surface area contributed by atoms with E-state index < -0.39 is 15.3 Å². The maximum atomic E-state index is 13.9. The molecule has 0 radical (unpaired) electrons. The molecule has 6 heteroatoms. The lowest BCUT2D eigenvalue weighted by Gasteiger charge is -2.28. The summed E-state index contributed by atoms with van der Waals surface area (Å²) >= 11 is 0. The zero-order valence-electron chi connectivity index (χ0n) is 19.2. The fourth-order valence-electron chi connectivity index (χ4n) is 3.69. The molecular weight excluding hydrogens is 434 g/mol. The van der Waals surface area contributed by atoms with Crippen LogP contribution in [0.15, 0.2) is 91.5 Å². The molecular formula is C27H31NO4S. The second-order valence-corrected chi connectivity index (χ2v) is 10.1. The minimum atomic E-state index is -3.65. The first kappa shape index (κ1) is 24.6. The molecule has 3 aromatic carbocycles. The van der Waals surface area contributed by atoms with Crippen LogP contribution in [-0.2, 0) is 29.5 Å². The van der Waals surface area contributed by atoms with Gasteiger partial charge in [-0.1, -0.05) is 60.7 Å². The predicted molar refractivity (Wildman–Crippen MR) is 133 cm³/mol. The summed E-state index contributed by atoms with van der Waals surface area (Å²) in [6.45, 7) is 4.34. The molecule has 0 unspecified atom stereocenters. The fourth-order valence-corrected chi connectivity index (χ4v) is 5.55. The summed E-state index contributed by atoms with van der Waals surface area (Å²) in [5.41, 5.74) is 2.77. The Kier molecular flexibility index (Phi) is 8.69. The summed E-state index contributed by atoms with van der Waals surface area (Å²) in [5, 5.41) is -0.603. The van der Waals surface area contributed by atoms with Crippen molar-refractivity contribution < 1.29 is 17.9 Å². The Morgan fingerprint density at radius 2 is 1.27 bits per heavy atom. The Morgan fingerprint density at radius 3 is 1.70 bits per heavy atom. The molecule has 0 aliphatic heterocycles. The fraction of sp³-hybridized carbons (Fsp3) is 0.259. The number of methoxy groups -OCH3 is 2. The van der Waals surface area contributed by atoms with E-state index in [1.54, 1.807) is 24.6 Å². The van der Waals surface area contributed by atoms with E-state index in [1.807, 2.05) is 78.9 Å². The van der Waals surface area contributed by atoms with Crippen molar-refractivity contribution >= 4 is 10.0 Å². The third-order valence-corrected chi connectivity index (χ3v) is 7.73. The largest absolute Gasteiger partial charge is 0.497 e. The van der Waals surface area contributed by atoms with Crippen LogP contribution in [-0.4, -0.2) is 32.2 Å². The summed E-state index contributed by atoms with van der Waals surface area (Å²) in [6.07, 6.45) is 2.49. The van der Waals surface area contributed by atoms with Crippen LogP contribution in [0.2, 0.25) is 0 Å². The summed E-state index contributed by atoms with van der Waals surface area (Å²) in [7, 11) is -0.432. The van der Waals surface area contributed by atoms with Crippen molar-refractivity contribution in [2.75, 3.05) is 14.2 Å². The van der Waals surface area contributed by atoms with Gasteiger partial charge in [0.25, 0.3) is 0 Å². The van der Waals surface area contributed by atoms with E-state index in [0.29, 0.717) is 12.8 Å². The van der Waals surface area contributed by atoms with Crippen LogP contribution < -0.4 is 9.47 Å². The van der Waals surface area contributed by atoms with Crippen LogP contribution >= 0.6 is 0 Å². The van der Waals surface area contributed by atoms with Crippen molar-refractivity contribution in [1.82, 2.24) is 4.31 Å². The number of rotatable bonds is 12. The predicted octanol–water partition coefficient (Wildman–Crippen LogP) is 5.22. The molecule has 1 atom stereocenters. The molecule has 174 valence electrons. The molecule has 0 aliphatic carbocycles. The average molecular weight is 466 g/mol. The molecule has 0 aromatic heterocycles. The van der Waals surface area contributed by atoms with Crippen molar-refractivity contribution in [3.63, 3.8) is 0 Å². The van der Waals surface area contributed by atoms with Gasteiger partial charge in [0.15, 0.2) is 0 Å². The van der Waals surface area contributed by atoms with E-state index in [4.69, 9.17) is 9.47 Å². The smallest absolute Gasteiger partial charge is 0.218 e. The van der Waals surface area contributed by atoms with Gasteiger partial charge in [-0.3, -0.25) is 0 Å². The minimum Gasteiger partial charge on any atom is -0.497 e. The first-order valence-electron chi connectivity index (χ1n) is 10.9. The lowest BCUT2D eigenvalue weighted by atomic mass is 10.1. The molecule has 0 bridgehead atoms. The van der Waals surface area contributed by atoms with E-state index in [9.17, 15) is 8.42 Å². The second kappa shape index (κ2) is 11.7. The normalized spacial score (nSPS) is 12.3. The monoisotopic (exact) mass is 465 g/mol. The van der Waals surface area contributed by atoms with Gasteiger partial charge in [0.1, 0.15) is 11.5 Å². The molecule has 0 spiro atoms. The molecule has 0 fully saturated rings. The Hall–Kier alpha value is -3.09. The first-order chi connectivity index (χ1) is 16.0. The summed E-state index contributed by atoms with van der Waals surface area (Å²) in [6, 6.07) is 24.7. The Balaban J connectivity index is 1.93. The van der Waals surface area contributed by atoms with Gasteiger partial charge in [0, 0.05) is 13.1 Å². The molecule has 0 heterocycles. The van der Waals surface area contributed by atoms with E-state index >= 15 is 0 Å². The highest BCUT2D eigenvalue weighted by atomic mass is 32.2. The third-order valence-electron chi connectivity index (χ3n) is 5.55. The highest BCUT2D eigenvalue weighted by Gasteiger charge is 2.31. The van der Waals surface area contributed by atoms with Crippen molar-refractivity contribution in [1.29, 1.82) is 0 Å². The van der Waals surface area contributed by atoms with E-state index in [2.05, 4.69) is 6.58 Å². The molecule has 0 saturated heterocycles. The maximum absolute atomic E-state index is 13.9. The standard InChI is InChI=1S/C27H31NO4S/c1-4-8-27(19-22-9-6-5-7-10-22)33(29,30)28(20-23-11-15-25(31-2)16-12-23)21-24-13-17-26(32-3)18-14-24/h4-7,9-18,27H,1,8,19-21H2,2-3H3/t27-/m0/s1. The van der Waals surface area contributed by atoms with Crippen LogP contribution in [0, 0.1) is 0 Å². The Bertz CT molecular complexity index is 1060. The highest BCUT2D eigenvalue weighted by molar-refractivity contribution is 7.89. The van der Waals surface area contributed by atoms with Crippen LogP contribution in [0.25, 0.3) is 0 Å². The Morgan fingerprint density at radius 1 is 0.788 bits per heavy atom. The van der Waals surface area contributed by atoms with E-state index in [0.717, 1.165) is 28.2 Å². The molecule has 0 aliphatic rings. The number of allylic oxidation sites excluding steroid dienone is 1. The molecule has 5 nitrogen and oxygen atoms in total. The van der Waals surface area contributed by atoms with Crippen LogP contribution in [0.3, 0.4) is 0 Å². The lowest BCUT2D eigenvalue weighted by molar-refractivity contribution is 0.390. The molecule has 3 rings (SSSR count). The van der Waals surface area contributed by atoms with Crippen molar-refractivity contribution in [3.8, 4) is 11.5 Å². The molecule has 0 amide bonds. The third kappa shape index (κ3) is 6.70. The summed E-state index contributed by atoms with van der Waals surface area (Å²) in [5.74, 6) is 1.47. The molecule has 0 N–H and O–H groups in total. The zero-order valence-corrected chi connectivity index (χ0v) is 20.0. The second-order valence-electron chi connectivity index (χ2n) is 7.85. The van der Waals surface area contributed by atoms with Crippen LogP contribution in [0.1, 0.15) is 23.1 Å². The summed E-state index contributed by atoms with van der Waals surface area (Å²) in [4.78, 5) is 0. The molecule has 3 aromatic rings. The number of ether oxygens (including phenoxy) is 2. The number of benzene rings is 3. The lowest BCUT2D eigenvalue weighted by Crippen LogP contribution is -2.39. The molecule has 33 heavy (non-hydrogen) atoms. The van der Waals surface area contributed by atoms with Crippen LogP contribution in [0.4, 0.5) is 0 Å². The minimum absolute atomic E-state index is 0.265. The average Bonchev–Trinajstić information content (AvgIpc) is 2.85. The van der Waals surface area contributed by atoms with Gasteiger partial charge in [-0.2, -0.15) is 4.31 Å².